The Kier molecular flexibility index (Phi) is 3.05. The first kappa shape index (κ1) is 10.0. The van der Waals surface area contributed by atoms with Crippen molar-refractivity contribution in [3.63, 3.8) is 0 Å². The zero-order chi connectivity index (χ0) is 10.6. The second kappa shape index (κ2) is 4.26. The van der Waals surface area contributed by atoms with Crippen molar-refractivity contribution in [1.82, 2.24) is 9.97 Å². The van der Waals surface area contributed by atoms with Crippen LogP contribution in [0.1, 0.15) is 0 Å². The normalized spacial score (nSPS) is 9.50. The molecule has 0 spiro atoms. The van der Waals surface area contributed by atoms with Gasteiger partial charge in [-0.1, -0.05) is 0 Å². The van der Waals surface area contributed by atoms with Gasteiger partial charge in [-0.2, -0.15) is 0 Å². The first-order valence-electron chi connectivity index (χ1n) is 3.72. The van der Waals surface area contributed by atoms with Crippen LogP contribution < -0.4 is 15.6 Å². The van der Waals surface area contributed by atoms with Crippen LogP contribution in [0.2, 0.25) is 0 Å². The second-order valence-electron chi connectivity index (χ2n) is 2.38. The van der Waals surface area contributed by atoms with Crippen molar-refractivity contribution in [2.75, 3.05) is 19.0 Å². The predicted octanol–water partition coefficient (Wildman–Crippen LogP) is -0.725. The van der Waals surface area contributed by atoms with E-state index in [0.29, 0.717) is 0 Å². The van der Waals surface area contributed by atoms with E-state index in [1.54, 1.807) is 0 Å². The van der Waals surface area contributed by atoms with Crippen LogP contribution in [0.3, 0.4) is 0 Å². The average Bonchev–Trinajstić information content (AvgIpc) is 2.15. The minimum absolute atomic E-state index is 0.0795. The molecule has 7 nitrogen and oxygen atoms in total. The zero-order valence-corrected chi connectivity index (χ0v) is 7.40. The highest BCUT2D eigenvalue weighted by Gasteiger charge is 2.03. The van der Waals surface area contributed by atoms with E-state index in [9.17, 15) is 9.59 Å². The molecule has 0 atom stereocenters. The van der Waals surface area contributed by atoms with E-state index >= 15 is 0 Å². The number of aromatic amines is 1. The number of rotatable bonds is 4. The Morgan fingerprint density at radius 2 is 2.50 bits per heavy atom. The molecule has 0 saturated heterocycles. The molecule has 0 amide bonds. The van der Waals surface area contributed by atoms with Gasteiger partial charge in [-0.25, -0.2) is 4.98 Å². The van der Waals surface area contributed by atoms with Gasteiger partial charge in [-0.3, -0.25) is 14.6 Å². The zero-order valence-electron chi connectivity index (χ0n) is 7.40. The lowest BCUT2D eigenvalue weighted by atomic mass is 10.5. The monoisotopic (exact) mass is 199 g/mol. The molecular formula is C7H9N3O4. The summed E-state index contributed by atoms with van der Waals surface area (Å²) in [5.41, 5.74) is -0.383. The Bertz CT molecular complexity index is 387. The van der Waals surface area contributed by atoms with Gasteiger partial charge in [-0.15, -0.1) is 0 Å². The standard InChI is InChI=1S/C7H9N3O4/c1-14-7-9-2-4(6(13)10-7)8-3-5(11)12/h2,8H,3H2,1H3,(H,11,12)(H,9,10,13). The third kappa shape index (κ3) is 2.47. The van der Waals surface area contributed by atoms with Crippen LogP contribution in [0.4, 0.5) is 5.69 Å². The maximum Gasteiger partial charge on any atom is 0.322 e. The van der Waals surface area contributed by atoms with E-state index in [2.05, 4.69) is 20.0 Å². The SMILES string of the molecule is COc1ncc(NCC(=O)O)c(=O)[nH]1. The number of nitrogens with zero attached hydrogens (tertiary/aromatic N) is 1. The van der Waals surface area contributed by atoms with Crippen molar-refractivity contribution >= 4 is 11.7 Å². The molecule has 1 rings (SSSR count). The minimum Gasteiger partial charge on any atom is -0.480 e. The Morgan fingerprint density at radius 1 is 1.79 bits per heavy atom. The lowest BCUT2D eigenvalue weighted by Crippen LogP contribution is -2.20. The van der Waals surface area contributed by atoms with Crippen molar-refractivity contribution in [2.45, 2.75) is 0 Å². The van der Waals surface area contributed by atoms with Crippen molar-refractivity contribution in [2.24, 2.45) is 0 Å². The number of H-pyrrole nitrogens is 1. The summed E-state index contributed by atoms with van der Waals surface area (Å²) >= 11 is 0. The molecule has 0 saturated carbocycles. The van der Waals surface area contributed by atoms with E-state index in [1.165, 1.54) is 13.3 Å². The van der Waals surface area contributed by atoms with Crippen molar-refractivity contribution < 1.29 is 14.6 Å². The van der Waals surface area contributed by atoms with E-state index < -0.39 is 11.5 Å². The number of carboxylic acids is 1. The molecular weight excluding hydrogens is 190 g/mol. The molecule has 0 unspecified atom stereocenters. The van der Waals surface area contributed by atoms with Gasteiger partial charge in [0.2, 0.25) is 0 Å². The van der Waals surface area contributed by atoms with E-state index in [4.69, 9.17) is 5.11 Å². The summed E-state index contributed by atoms with van der Waals surface area (Å²) in [6, 6.07) is 0.0795. The van der Waals surface area contributed by atoms with Gasteiger partial charge in [0.1, 0.15) is 12.2 Å². The number of nitrogens with one attached hydrogen (secondary N) is 2. The topological polar surface area (TPSA) is 104 Å². The number of carbonyl (C=O) groups is 1. The Hall–Kier alpha value is -2.05. The molecule has 1 heterocycles. The molecule has 3 N–H and O–H groups in total. The molecule has 7 heteroatoms. The molecule has 0 fully saturated rings. The molecule has 0 aliphatic rings. The molecule has 1 aromatic rings. The fourth-order valence-electron chi connectivity index (χ4n) is 0.779. The number of methoxy groups -OCH3 is 1. The van der Waals surface area contributed by atoms with Gasteiger partial charge >= 0.3 is 5.97 Å². The summed E-state index contributed by atoms with van der Waals surface area (Å²) in [6.07, 6.45) is 1.21. The molecule has 76 valence electrons. The quantitative estimate of drug-likeness (QED) is 0.590. The first-order valence-corrected chi connectivity index (χ1v) is 3.72. The van der Waals surface area contributed by atoms with Gasteiger partial charge < -0.3 is 15.2 Å². The largest absolute Gasteiger partial charge is 0.480 e. The third-order valence-corrected chi connectivity index (χ3v) is 1.40. The lowest BCUT2D eigenvalue weighted by molar-refractivity contribution is -0.134. The predicted molar refractivity (Wildman–Crippen MR) is 47.5 cm³/mol. The summed E-state index contributed by atoms with van der Waals surface area (Å²) in [5, 5.41) is 10.7. The Balaban J connectivity index is 2.79. The maximum absolute atomic E-state index is 11.2. The summed E-state index contributed by atoms with van der Waals surface area (Å²) in [4.78, 5) is 27.4. The summed E-state index contributed by atoms with van der Waals surface area (Å²) in [7, 11) is 1.36. The number of aliphatic carboxylic acids is 1. The summed E-state index contributed by atoms with van der Waals surface area (Å²) in [5.74, 6) is -1.06. The van der Waals surface area contributed by atoms with Crippen LogP contribution in [0.15, 0.2) is 11.0 Å². The molecule has 0 bridgehead atoms. The van der Waals surface area contributed by atoms with Gasteiger partial charge in [-0.05, 0) is 0 Å². The second-order valence-corrected chi connectivity index (χ2v) is 2.38. The number of hydrogen-bond donors (Lipinski definition) is 3. The highest BCUT2D eigenvalue weighted by molar-refractivity contribution is 5.72. The van der Waals surface area contributed by atoms with Crippen LogP contribution in [-0.2, 0) is 4.79 Å². The number of carboxylic acid groups (broad SMARTS) is 1. The van der Waals surface area contributed by atoms with Gasteiger partial charge in [0, 0.05) is 0 Å². The van der Waals surface area contributed by atoms with Gasteiger partial charge in [0.25, 0.3) is 11.6 Å². The van der Waals surface area contributed by atoms with Crippen LogP contribution in [0.25, 0.3) is 0 Å². The Labute approximate surface area is 78.7 Å². The summed E-state index contributed by atoms with van der Waals surface area (Å²) in [6.45, 7) is -0.336. The van der Waals surface area contributed by atoms with E-state index in [-0.39, 0.29) is 18.2 Å². The highest BCUT2D eigenvalue weighted by atomic mass is 16.5. The van der Waals surface area contributed by atoms with Crippen LogP contribution in [0, 0.1) is 0 Å². The number of ether oxygens (including phenoxy) is 1. The number of aromatic nitrogens is 2. The smallest absolute Gasteiger partial charge is 0.322 e. The minimum atomic E-state index is -1.06. The summed E-state index contributed by atoms with van der Waals surface area (Å²) < 4.78 is 4.66. The fourth-order valence-corrected chi connectivity index (χ4v) is 0.779. The van der Waals surface area contributed by atoms with Crippen molar-refractivity contribution in [3.8, 4) is 6.01 Å². The number of hydrogen-bond acceptors (Lipinski definition) is 5. The molecule has 14 heavy (non-hydrogen) atoms. The van der Waals surface area contributed by atoms with Crippen LogP contribution in [0.5, 0.6) is 6.01 Å². The average molecular weight is 199 g/mol. The van der Waals surface area contributed by atoms with Crippen molar-refractivity contribution in [1.29, 1.82) is 0 Å². The van der Waals surface area contributed by atoms with Crippen LogP contribution >= 0.6 is 0 Å². The van der Waals surface area contributed by atoms with Gasteiger partial charge in [0.15, 0.2) is 0 Å². The number of anilines is 1. The van der Waals surface area contributed by atoms with Crippen LogP contribution in [-0.4, -0.2) is 34.7 Å². The van der Waals surface area contributed by atoms with Crippen molar-refractivity contribution in [3.05, 3.63) is 16.6 Å². The fraction of sp³-hybridized carbons (Fsp3) is 0.286. The molecule has 1 aromatic heterocycles. The third-order valence-electron chi connectivity index (χ3n) is 1.40. The molecule has 0 aromatic carbocycles. The maximum atomic E-state index is 11.2. The lowest BCUT2D eigenvalue weighted by Gasteiger charge is -2.02. The van der Waals surface area contributed by atoms with E-state index in [0.717, 1.165) is 0 Å². The molecule has 0 aliphatic heterocycles. The Morgan fingerprint density at radius 3 is 3.00 bits per heavy atom. The molecule has 0 aliphatic carbocycles. The highest BCUT2D eigenvalue weighted by Crippen LogP contribution is 1.99. The first-order chi connectivity index (χ1) is 6.63. The molecule has 0 radical (unpaired) electrons. The van der Waals surface area contributed by atoms with Gasteiger partial charge in [0.05, 0.1) is 13.3 Å². The van der Waals surface area contributed by atoms with E-state index in [1.807, 2.05) is 0 Å².